The predicted molar refractivity (Wildman–Crippen MR) is 65.3 cm³/mol. The third-order valence-electron chi connectivity index (χ3n) is 2.63. The lowest BCUT2D eigenvalue weighted by molar-refractivity contribution is 0.102. The highest BCUT2D eigenvalue weighted by Crippen LogP contribution is 2.20. The summed E-state index contributed by atoms with van der Waals surface area (Å²) in [6.07, 6.45) is 3.08. The first-order valence-electron chi connectivity index (χ1n) is 5.43. The third-order valence-corrected chi connectivity index (χ3v) is 2.63. The van der Waals surface area contributed by atoms with Crippen molar-refractivity contribution in [3.63, 3.8) is 0 Å². The molecule has 0 saturated carbocycles. The molecular formula is C12H14N4O2. The number of aryl methyl sites for hydroxylation is 1. The van der Waals surface area contributed by atoms with Crippen LogP contribution in [-0.4, -0.2) is 27.7 Å². The van der Waals surface area contributed by atoms with Crippen LogP contribution >= 0.6 is 0 Å². The Labute approximate surface area is 104 Å². The second kappa shape index (κ2) is 4.97. The fraction of sp³-hybridized carbons (Fsp3) is 0.250. The number of nitrogens with two attached hydrogens (primary N) is 1. The molecule has 0 saturated heterocycles. The van der Waals surface area contributed by atoms with Crippen molar-refractivity contribution in [3.8, 4) is 5.75 Å². The van der Waals surface area contributed by atoms with Crippen LogP contribution in [-0.2, 0) is 13.6 Å². The van der Waals surface area contributed by atoms with Gasteiger partial charge in [0.2, 0.25) is 5.78 Å². The maximum atomic E-state index is 12.4. The molecule has 0 spiro atoms. The largest absolute Gasteiger partial charge is 0.493 e. The van der Waals surface area contributed by atoms with Crippen molar-refractivity contribution in [2.24, 2.45) is 12.8 Å². The molecule has 0 aliphatic heterocycles. The number of pyridine rings is 1. The van der Waals surface area contributed by atoms with Gasteiger partial charge in [-0.15, -0.1) is 0 Å². The first-order chi connectivity index (χ1) is 8.67. The number of nitrogens with zero attached hydrogens (tertiary/aromatic N) is 3. The van der Waals surface area contributed by atoms with E-state index in [1.165, 1.54) is 18.0 Å². The van der Waals surface area contributed by atoms with Crippen molar-refractivity contribution >= 4 is 5.78 Å². The Balaban J connectivity index is 2.44. The molecule has 0 aliphatic carbocycles. The van der Waals surface area contributed by atoms with Crippen LogP contribution in [0.5, 0.6) is 5.75 Å². The van der Waals surface area contributed by atoms with Crippen molar-refractivity contribution in [2.45, 2.75) is 6.54 Å². The van der Waals surface area contributed by atoms with E-state index in [0.717, 1.165) is 0 Å². The highest BCUT2D eigenvalue weighted by atomic mass is 16.5. The Hall–Kier alpha value is -2.21. The normalized spacial score (nSPS) is 10.4. The van der Waals surface area contributed by atoms with E-state index in [4.69, 9.17) is 10.5 Å². The molecular weight excluding hydrogens is 232 g/mol. The zero-order chi connectivity index (χ0) is 13.1. The van der Waals surface area contributed by atoms with E-state index in [1.807, 2.05) is 0 Å². The van der Waals surface area contributed by atoms with Crippen LogP contribution < -0.4 is 10.5 Å². The highest BCUT2D eigenvalue weighted by molar-refractivity contribution is 6.09. The number of carbonyl (C=O) groups is 1. The lowest BCUT2D eigenvalue weighted by atomic mass is 10.1. The van der Waals surface area contributed by atoms with Gasteiger partial charge in [0.15, 0.2) is 11.4 Å². The van der Waals surface area contributed by atoms with Crippen molar-refractivity contribution in [1.82, 2.24) is 14.8 Å². The second-order valence-electron chi connectivity index (χ2n) is 3.75. The fourth-order valence-corrected chi connectivity index (χ4v) is 1.69. The van der Waals surface area contributed by atoms with Crippen LogP contribution in [0, 0.1) is 0 Å². The van der Waals surface area contributed by atoms with E-state index in [1.54, 1.807) is 25.4 Å². The van der Waals surface area contributed by atoms with Gasteiger partial charge in [-0.1, -0.05) is 0 Å². The van der Waals surface area contributed by atoms with Gasteiger partial charge in [-0.05, 0) is 12.1 Å². The Kier molecular flexibility index (Phi) is 3.38. The van der Waals surface area contributed by atoms with E-state index in [9.17, 15) is 4.79 Å². The third kappa shape index (κ3) is 2.10. The lowest BCUT2D eigenvalue weighted by Gasteiger charge is -2.05. The number of rotatable bonds is 4. The van der Waals surface area contributed by atoms with Crippen molar-refractivity contribution in [3.05, 3.63) is 41.5 Å². The van der Waals surface area contributed by atoms with Gasteiger partial charge >= 0.3 is 0 Å². The maximum absolute atomic E-state index is 12.4. The average molecular weight is 246 g/mol. The fourth-order valence-electron chi connectivity index (χ4n) is 1.69. The Morgan fingerprint density at radius 3 is 3.00 bits per heavy atom. The van der Waals surface area contributed by atoms with Gasteiger partial charge in [0.05, 0.1) is 19.0 Å². The van der Waals surface area contributed by atoms with Gasteiger partial charge < -0.3 is 10.5 Å². The van der Waals surface area contributed by atoms with Crippen molar-refractivity contribution in [1.29, 1.82) is 0 Å². The summed E-state index contributed by atoms with van der Waals surface area (Å²) < 4.78 is 6.61. The van der Waals surface area contributed by atoms with Crippen LogP contribution in [0.25, 0.3) is 0 Å². The molecule has 2 heterocycles. The zero-order valence-electron chi connectivity index (χ0n) is 10.3. The predicted octanol–water partition coefficient (Wildman–Crippen LogP) is 0.513. The summed E-state index contributed by atoms with van der Waals surface area (Å²) in [7, 11) is 3.20. The SMILES string of the molecule is COc1cnn(C)c1C(=O)c1ccnc(CN)c1. The van der Waals surface area contributed by atoms with Gasteiger partial charge in [-0.2, -0.15) is 5.10 Å². The highest BCUT2D eigenvalue weighted by Gasteiger charge is 2.19. The number of ether oxygens (including phenoxy) is 1. The molecule has 6 heteroatoms. The molecule has 0 fully saturated rings. The number of hydrogen-bond acceptors (Lipinski definition) is 5. The first kappa shape index (κ1) is 12.3. The monoisotopic (exact) mass is 246 g/mol. The van der Waals surface area contributed by atoms with E-state index in [0.29, 0.717) is 29.2 Å². The van der Waals surface area contributed by atoms with Crippen LogP contribution in [0.15, 0.2) is 24.5 Å². The molecule has 0 aromatic carbocycles. The van der Waals surface area contributed by atoms with E-state index < -0.39 is 0 Å². The first-order valence-corrected chi connectivity index (χ1v) is 5.43. The van der Waals surface area contributed by atoms with Crippen LogP contribution in [0.3, 0.4) is 0 Å². The molecule has 0 unspecified atom stereocenters. The molecule has 2 N–H and O–H groups in total. The number of ketones is 1. The smallest absolute Gasteiger partial charge is 0.214 e. The average Bonchev–Trinajstić information content (AvgIpc) is 2.79. The van der Waals surface area contributed by atoms with Crippen LogP contribution in [0.1, 0.15) is 21.7 Å². The number of methoxy groups -OCH3 is 1. The maximum Gasteiger partial charge on any atom is 0.214 e. The molecule has 0 aliphatic rings. The Morgan fingerprint density at radius 1 is 1.56 bits per heavy atom. The molecule has 0 amide bonds. The van der Waals surface area contributed by atoms with Gasteiger partial charge in [-0.25, -0.2) is 0 Å². The van der Waals surface area contributed by atoms with E-state index >= 15 is 0 Å². The van der Waals surface area contributed by atoms with Crippen LogP contribution in [0.2, 0.25) is 0 Å². The lowest BCUT2D eigenvalue weighted by Crippen LogP contribution is -2.11. The van der Waals surface area contributed by atoms with Gasteiger partial charge in [0, 0.05) is 25.4 Å². The molecule has 2 aromatic heterocycles. The quantitative estimate of drug-likeness (QED) is 0.795. The molecule has 0 atom stereocenters. The molecule has 6 nitrogen and oxygen atoms in total. The molecule has 0 bridgehead atoms. The minimum atomic E-state index is -0.163. The molecule has 2 aromatic rings. The molecule has 94 valence electrons. The summed E-state index contributed by atoms with van der Waals surface area (Å²) in [5.74, 6) is 0.289. The summed E-state index contributed by atoms with van der Waals surface area (Å²) in [5.41, 5.74) is 7.11. The van der Waals surface area contributed by atoms with Crippen LogP contribution in [0.4, 0.5) is 0 Å². The van der Waals surface area contributed by atoms with Gasteiger partial charge in [-0.3, -0.25) is 14.5 Å². The summed E-state index contributed by atoms with van der Waals surface area (Å²) >= 11 is 0. The Bertz CT molecular complexity index is 577. The van der Waals surface area contributed by atoms with Gasteiger partial charge in [0.1, 0.15) is 0 Å². The zero-order valence-corrected chi connectivity index (χ0v) is 10.3. The molecule has 2 rings (SSSR count). The van der Waals surface area contributed by atoms with Crippen molar-refractivity contribution < 1.29 is 9.53 Å². The minimum absolute atomic E-state index is 0.163. The molecule has 0 radical (unpaired) electrons. The number of hydrogen-bond donors (Lipinski definition) is 1. The number of carbonyl (C=O) groups excluding carboxylic acids is 1. The minimum Gasteiger partial charge on any atom is -0.493 e. The Morgan fingerprint density at radius 2 is 2.33 bits per heavy atom. The second-order valence-corrected chi connectivity index (χ2v) is 3.75. The summed E-state index contributed by atoms with van der Waals surface area (Å²) in [6, 6.07) is 3.32. The van der Waals surface area contributed by atoms with Gasteiger partial charge in [0.25, 0.3) is 0 Å². The van der Waals surface area contributed by atoms with E-state index in [-0.39, 0.29) is 5.78 Å². The summed E-state index contributed by atoms with van der Waals surface area (Å²) in [6.45, 7) is 0.295. The van der Waals surface area contributed by atoms with E-state index in [2.05, 4.69) is 10.1 Å². The molecule has 18 heavy (non-hydrogen) atoms. The number of aromatic nitrogens is 3. The standard InChI is InChI=1S/C12H14N4O2/c1-16-11(10(18-2)7-15-16)12(17)8-3-4-14-9(5-8)6-13/h3-5,7H,6,13H2,1-2H3. The van der Waals surface area contributed by atoms with Crippen molar-refractivity contribution in [2.75, 3.05) is 7.11 Å². The topological polar surface area (TPSA) is 83.0 Å². The summed E-state index contributed by atoms with van der Waals surface area (Å²) in [5, 5.41) is 4.01. The summed E-state index contributed by atoms with van der Waals surface area (Å²) in [4.78, 5) is 16.4.